The summed E-state index contributed by atoms with van der Waals surface area (Å²) in [4.78, 5) is 19.1. The van der Waals surface area contributed by atoms with Crippen molar-refractivity contribution < 1.29 is 19.8 Å². The van der Waals surface area contributed by atoms with Gasteiger partial charge in [0.2, 0.25) is 0 Å². The molecular formula is C14H17ClN2O4. The third kappa shape index (κ3) is 6.11. The highest BCUT2D eigenvalue weighted by atomic mass is 35.5. The predicted octanol–water partition coefficient (Wildman–Crippen LogP) is 3.19. The molecule has 5 N–H and O–H groups in total. The monoisotopic (exact) mass is 312 g/mol. The van der Waals surface area contributed by atoms with E-state index < -0.39 is 11.9 Å². The number of nitrogens with zero attached hydrogens (tertiary/aromatic N) is 1. The molecule has 6 nitrogen and oxygen atoms in total. The van der Waals surface area contributed by atoms with Crippen LogP contribution in [0, 0.1) is 0 Å². The van der Waals surface area contributed by atoms with Crippen molar-refractivity contribution in [3.63, 3.8) is 0 Å². The summed E-state index contributed by atoms with van der Waals surface area (Å²) in [7, 11) is 0. The Balaban J connectivity index is 0.000000397. The Labute approximate surface area is 126 Å². The van der Waals surface area contributed by atoms with Gasteiger partial charge in [-0.2, -0.15) is 0 Å². The van der Waals surface area contributed by atoms with Crippen molar-refractivity contribution in [1.82, 2.24) is 10.7 Å². The van der Waals surface area contributed by atoms with E-state index in [0.29, 0.717) is 12.2 Å². The van der Waals surface area contributed by atoms with E-state index >= 15 is 0 Å². The second-order valence-corrected chi connectivity index (χ2v) is 4.25. The van der Waals surface area contributed by atoms with Gasteiger partial charge in [-0.1, -0.05) is 17.7 Å². The zero-order chi connectivity index (χ0) is 15.1. The second-order valence-electron chi connectivity index (χ2n) is 3.81. The first-order valence-electron chi connectivity index (χ1n) is 5.82. The summed E-state index contributed by atoms with van der Waals surface area (Å²) in [6.07, 6.45) is 3.20. The van der Waals surface area contributed by atoms with Crippen LogP contribution in [0.3, 0.4) is 0 Å². The number of rotatable bonds is 3. The van der Waals surface area contributed by atoms with Crippen LogP contribution in [0.15, 0.2) is 42.6 Å². The number of aromatic nitrogens is 1. The van der Waals surface area contributed by atoms with Gasteiger partial charge in [-0.15, -0.1) is 0 Å². The van der Waals surface area contributed by atoms with Crippen LogP contribution < -0.4 is 6.15 Å². The van der Waals surface area contributed by atoms with Crippen LogP contribution in [-0.2, 0) is 16.1 Å². The van der Waals surface area contributed by atoms with Gasteiger partial charge in [-0.3, -0.25) is 0 Å². The minimum atomic E-state index is -1.26. The molecule has 0 spiro atoms. The van der Waals surface area contributed by atoms with Gasteiger partial charge in [0, 0.05) is 35.4 Å². The third-order valence-electron chi connectivity index (χ3n) is 2.45. The Morgan fingerprint density at radius 3 is 2.24 bits per heavy atom. The summed E-state index contributed by atoms with van der Waals surface area (Å²) >= 11 is 5.89. The quantitative estimate of drug-likeness (QED) is 0.753. The number of halogens is 1. The molecule has 0 saturated carbocycles. The summed E-state index contributed by atoms with van der Waals surface area (Å²) in [5, 5.41) is 17.7. The van der Waals surface area contributed by atoms with E-state index in [1.165, 1.54) is 10.9 Å². The zero-order valence-electron chi connectivity index (χ0n) is 11.5. The second kappa shape index (κ2) is 8.78. The minimum absolute atomic E-state index is 0. The Kier molecular flexibility index (Phi) is 7.81. The highest BCUT2D eigenvalue weighted by Gasteiger charge is 1.98. The first-order chi connectivity index (χ1) is 9.43. The molecule has 1 heterocycles. The average Bonchev–Trinajstić information content (AvgIpc) is 2.79. The van der Waals surface area contributed by atoms with Gasteiger partial charge >= 0.3 is 11.9 Å². The van der Waals surface area contributed by atoms with Crippen molar-refractivity contribution >= 4 is 34.4 Å². The number of carboxylic acids is 2. The van der Waals surface area contributed by atoms with E-state index in [-0.39, 0.29) is 6.15 Å². The first-order valence-corrected chi connectivity index (χ1v) is 6.20. The normalized spacial score (nSPS) is 9.81. The Morgan fingerprint density at radius 1 is 1.19 bits per heavy atom. The van der Waals surface area contributed by atoms with Crippen molar-refractivity contribution in [2.75, 3.05) is 0 Å². The van der Waals surface area contributed by atoms with Crippen LogP contribution in [0.1, 0.15) is 6.92 Å². The van der Waals surface area contributed by atoms with Gasteiger partial charge in [0.1, 0.15) is 0 Å². The number of carboxylic acid groups (broad SMARTS) is 2. The molecule has 0 radical (unpaired) electrons. The molecule has 1 aromatic heterocycles. The molecule has 2 rings (SSSR count). The van der Waals surface area contributed by atoms with E-state index in [1.807, 2.05) is 18.2 Å². The number of fused-ring (bicyclic) bond motifs is 1. The smallest absolute Gasteiger partial charge is 0.328 e. The molecule has 0 amide bonds. The minimum Gasteiger partial charge on any atom is -0.478 e. The Hall–Kier alpha value is -2.31. The zero-order valence-corrected chi connectivity index (χ0v) is 12.2. The maximum Gasteiger partial charge on any atom is 0.328 e. The predicted molar refractivity (Wildman–Crippen MR) is 82.1 cm³/mol. The molecule has 0 fully saturated rings. The van der Waals surface area contributed by atoms with Crippen molar-refractivity contribution in [3.05, 3.63) is 47.6 Å². The standard InChI is InChI=1S/C10H10ClN.C4H4O4.H3N/c1-2-12-6-5-8-3-4-9(11)7-10(8)12;5-3(6)1-2-4(7)8;/h3-7H,2H2,1H3;1-2H,(H,5,6)(H,7,8);1H3. The lowest BCUT2D eigenvalue weighted by Gasteiger charge is -1.99. The maximum atomic E-state index is 9.55. The fourth-order valence-corrected chi connectivity index (χ4v) is 1.74. The van der Waals surface area contributed by atoms with Crippen molar-refractivity contribution in [2.45, 2.75) is 13.5 Å². The van der Waals surface area contributed by atoms with Crippen LogP contribution in [-0.4, -0.2) is 26.7 Å². The van der Waals surface area contributed by atoms with E-state index in [1.54, 1.807) is 0 Å². The number of aliphatic carboxylic acids is 2. The summed E-state index contributed by atoms with van der Waals surface area (Å²) < 4.78 is 2.18. The molecule has 0 aliphatic carbocycles. The SMILES string of the molecule is CCn1ccc2ccc(Cl)cc21.N.O=C(O)C=CC(=O)O. The lowest BCUT2D eigenvalue weighted by molar-refractivity contribution is -0.134. The molecule has 0 unspecified atom stereocenters. The van der Waals surface area contributed by atoms with Crippen molar-refractivity contribution in [1.29, 1.82) is 0 Å². The first kappa shape index (κ1) is 18.7. The van der Waals surface area contributed by atoms with Gasteiger partial charge < -0.3 is 20.9 Å². The summed E-state index contributed by atoms with van der Waals surface area (Å²) in [6, 6.07) is 8.07. The lowest BCUT2D eigenvalue weighted by atomic mass is 10.2. The average molecular weight is 313 g/mol. The molecule has 7 heteroatoms. The molecular weight excluding hydrogens is 296 g/mol. The number of carbonyl (C=O) groups is 2. The van der Waals surface area contributed by atoms with E-state index in [0.717, 1.165) is 11.6 Å². The highest BCUT2D eigenvalue weighted by molar-refractivity contribution is 6.31. The van der Waals surface area contributed by atoms with Crippen molar-refractivity contribution in [3.8, 4) is 0 Å². The summed E-state index contributed by atoms with van der Waals surface area (Å²) in [5.74, 6) is -2.51. The molecule has 1 aromatic carbocycles. The van der Waals surface area contributed by atoms with Gasteiger partial charge in [0.25, 0.3) is 0 Å². The van der Waals surface area contributed by atoms with Gasteiger partial charge in [-0.25, -0.2) is 9.59 Å². The van der Waals surface area contributed by atoms with E-state index in [4.69, 9.17) is 21.8 Å². The Morgan fingerprint density at radius 2 is 1.76 bits per heavy atom. The molecule has 0 atom stereocenters. The van der Waals surface area contributed by atoms with Crippen LogP contribution in [0.25, 0.3) is 10.9 Å². The summed E-state index contributed by atoms with van der Waals surface area (Å²) in [6.45, 7) is 3.12. The molecule has 114 valence electrons. The van der Waals surface area contributed by atoms with Crippen LogP contribution in [0.5, 0.6) is 0 Å². The van der Waals surface area contributed by atoms with E-state index in [9.17, 15) is 9.59 Å². The van der Waals surface area contributed by atoms with Gasteiger partial charge in [-0.05, 0) is 30.5 Å². The highest BCUT2D eigenvalue weighted by Crippen LogP contribution is 2.20. The number of benzene rings is 1. The lowest BCUT2D eigenvalue weighted by Crippen LogP contribution is -1.91. The largest absolute Gasteiger partial charge is 0.478 e. The van der Waals surface area contributed by atoms with Gasteiger partial charge in [0.15, 0.2) is 0 Å². The maximum absolute atomic E-state index is 9.55. The van der Waals surface area contributed by atoms with Crippen LogP contribution >= 0.6 is 11.6 Å². The Bertz CT molecular complexity index is 633. The number of hydrogen-bond donors (Lipinski definition) is 3. The van der Waals surface area contributed by atoms with Gasteiger partial charge in [0.05, 0.1) is 0 Å². The van der Waals surface area contributed by atoms with E-state index in [2.05, 4.69) is 23.8 Å². The number of aryl methyl sites for hydroxylation is 1. The molecule has 0 aliphatic heterocycles. The molecule has 0 bridgehead atoms. The third-order valence-corrected chi connectivity index (χ3v) is 2.68. The van der Waals surface area contributed by atoms with Crippen LogP contribution in [0.2, 0.25) is 5.02 Å². The number of hydrogen-bond acceptors (Lipinski definition) is 3. The molecule has 21 heavy (non-hydrogen) atoms. The summed E-state index contributed by atoms with van der Waals surface area (Å²) in [5.41, 5.74) is 1.21. The fraction of sp³-hybridized carbons (Fsp3) is 0.143. The molecule has 0 aliphatic rings. The molecule has 2 aromatic rings. The van der Waals surface area contributed by atoms with Crippen LogP contribution in [0.4, 0.5) is 0 Å². The topological polar surface area (TPSA) is 115 Å². The fourth-order valence-electron chi connectivity index (χ4n) is 1.58. The van der Waals surface area contributed by atoms with Crippen molar-refractivity contribution in [2.24, 2.45) is 0 Å². The molecule has 0 saturated heterocycles.